The van der Waals surface area contributed by atoms with Gasteiger partial charge < -0.3 is 9.64 Å². The van der Waals surface area contributed by atoms with Gasteiger partial charge in [0, 0.05) is 17.1 Å². The molecule has 0 unspecified atom stereocenters. The first-order chi connectivity index (χ1) is 10.6. The second-order valence-corrected chi connectivity index (χ2v) is 6.23. The summed E-state index contributed by atoms with van der Waals surface area (Å²) in [6.07, 6.45) is 3.30. The van der Waals surface area contributed by atoms with Crippen LogP contribution in [-0.2, 0) is 6.61 Å². The van der Waals surface area contributed by atoms with Gasteiger partial charge in [-0.3, -0.25) is 0 Å². The number of nitrogens with zero attached hydrogens (tertiary/aromatic N) is 1. The van der Waals surface area contributed by atoms with Crippen molar-refractivity contribution in [3.8, 4) is 5.75 Å². The van der Waals surface area contributed by atoms with Crippen LogP contribution in [0.3, 0.4) is 0 Å². The lowest BCUT2D eigenvalue weighted by Crippen LogP contribution is -2.12. The lowest BCUT2D eigenvalue weighted by molar-refractivity contribution is 0.307. The molecule has 2 nitrogen and oxygen atoms in total. The molecular weight excluding hydrogens is 294 g/mol. The van der Waals surface area contributed by atoms with Crippen molar-refractivity contribution >= 4 is 17.2 Å². The summed E-state index contributed by atoms with van der Waals surface area (Å²) in [6, 6.07) is 14.3. The fourth-order valence-electron chi connectivity index (χ4n) is 2.75. The molecule has 1 heterocycles. The minimum absolute atomic E-state index is 0.553. The molecule has 0 bridgehead atoms. The largest absolute Gasteiger partial charge is 0.488 e. The maximum atomic E-state index is 6.15. The Labute approximate surface area is 137 Å². The van der Waals surface area contributed by atoms with Crippen molar-refractivity contribution in [2.75, 3.05) is 20.6 Å². The van der Waals surface area contributed by atoms with Crippen LogP contribution in [0.15, 0.2) is 48.5 Å². The van der Waals surface area contributed by atoms with Gasteiger partial charge in [0.25, 0.3) is 0 Å². The molecule has 114 valence electrons. The maximum absolute atomic E-state index is 6.15. The van der Waals surface area contributed by atoms with E-state index in [4.69, 9.17) is 16.3 Å². The van der Waals surface area contributed by atoms with Crippen LogP contribution < -0.4 is 4.74 Å². The van der Waals surface area contributed by atoms with Crippen molar-refractivity contribution in [2.24, 2.45) is 0 Å². The zero-order valence-corrected chi connectivity index (χ0v) is 13.7. The minimum Gasteiger partial charge on any atom is -0.488 e. The third-order valence-electron chi connectivity index (χ3n) is 3.84. The van der Waals surface area contributed by atoms with Crippen LogP contribution in [0.25, 0.3) is 5.57 Å². The average Bonchev–Trinajstić information content (AvgIpc) is 2.64. The molecule has 0 aliphatic carbocycles. The second kappa shape index (κ2) is 6.55. The van der Waals surface area contributed by atoms with Crippen molar-refractivity contribution in [3.05, 3.63) is 70.3 Å². The van der Waals surface area contributed by atoms with Crippen LogP contribution >= 0.6 is 11.6 Å². The molecule has 0 fully saturated rings. The van der Waals surface area contributed by atoms with E-state index >= 15 is 0 Å². The number of ether oxygens (including phenoxy) is 1. The summed E-state index contributed by atoms with van der Waals surface area (Å²) >= 11 is 6.15. The van der Waals surface area contributed by atoms with Gasteiger partial charge in [-0.2, -0.15) is 0 Å². The first-order valence-electron chi connectivity index (χ1n) is 7.51. The highest BCUT2D eigenvalue weighted by Gasteiger charge is 2.18. The first-order valence-corrected chi connectivity index (χ1v) is 7.89. The van der Waals surface area contributed by atoms with Gasteiger partial charge in [-0.15, -0.1) is 0 Å². The van der Waals surface area contributed by atoms with Gasteiger partial charge in [0.2, 0.25) is 0 Å². The maximum Gasteiger partial charge on any atom is 0.127 e. The molecule has 1 aliphatic rings. The zero-order chi connectivity index (χ0) is 15.5. The normalized spacial score (nSPS) is 15.2. The fraction of sp³-hybridized carbons (Fsp3) is 0.263. The molecule has 0 saturated carbocycles. The van der Waals surface area contributed by atoms with Gasteiger partial charge in [0.1, 0.15) is 12.4 Å². The number of benzene rings is 2. The highest BCUT2D eigenvalue weighted by molar-refractivity contribution is 6.30. The second-order valence-electron chi connectivity index (χ2n) is 5.80. The molecule has 0 amide bonds. The highest BCUT2D eigenvalue weighted by atomic mass is 35.5. The van der Waals surface area contributed by atoms with Crippen LogP contribution in [0.2, 0.25) is 5.02 Å². The molecule has 3 heteroatoms. The Morgan fingerprint density at radius 1 is 1.14 bits per heavy atom. The summed E-state index contributed by atoms with van der Waals surface area (Å²) in [4.78, 5) is 2.19. The van der Waals surface area contributed by atoms with Crippen LogP contribution in [0.4, 0.5) is 0 Å². The highest BCUT2D eigenvalue weighted by Crippen LogP contribution is 2.37. The Kier molecular flexibility index (Phi) is 4.51. The van der Waals surface area contributed by atoms with E-state index in [0.29, 0.717) is 6.61 Å². The Balaban J connectivity index is 2.08. The molecule has 22 heavy (non-hydrogen) atoms. The molecule has 2 aromatic rings. The van der Waals surface area contributed by atoms with E-state index in [1.54, 1.807) is 0 Å². The molecule has 0 radical (unpaired) electrons. The van der Waals surface area contributed by atoms with Gasteiger partial charge in [-0.1, -0.05) is 41.9 Å². The molecule has 3 rings (SSSR count). The summed E-state index contributed by atoms with van der Waals surface area (Å²) in [5, 5.41) is 0.751. The van der Waals surface area contributed by atoms with Crippen molar-refractivity contribution < 1.29 is 4.74 Å². The van der Waals surface area contributed by atoms with E-state index in [0.717, 1.165) is 34.9 Å². The number of fused-ring (bicyclic) bond motifs is 2. The molecule has 0 aromatic heterocycles. The van der Waals surface area contributed by atoms with Gasteiger partial charge in [-0.05, 0) is 55.4 Å². The molecule has 1 aliphatic heterocycles. The average molecular weight is 314 g/mol. The first kappa shape index (κ1) is 15.1. The smallest absolute Gasteiger partial charge is 0.127 e. The topological polar surface area (TPSA) is 12.5 Å². The van der Waals surface area contributed by atoms with Crippen LogP contribution in [0.1, 0.15) is 23.1 Å². The van der Waals surface area contributed by atoms with Crippen molar-refractivity contribution in [2.45, 2.75) is 13.0 Å². The lowest BCUT2D eigenvalue weighted by atomic mass is 9.93. The number of hydrogen-bond acceptors (Lipinski definition) is 2. The minimum atomic E-state index is 0.553. The molecule has 0 atom stereocenters. The Morgan fingerprint density at radius 2 is 1.95 bits per heavy atom. The monoisotopic (exact) mass is 313 g/mol. The van der Waals surface area contributed by atoms with E-state index in [9.17, 15) is 0 Å². The van der Waals surface area contributed by atoms with Crippen LogP contribution in [-0.4, -0.2) is 25.5 Å². The molecule has 0 N–H and O–H groups in total. The Bertz CT molecular complexity index is 706. The van der Waals surface area contributed by atoms with E-state index in [2.05, 4.69) is 43.3 Å². The zero-order valence-electron chi connectivity index (χ0n) is 13.0. The summed E-state index contributed by atoms with van der Waals surface area (Å²) in [6.45, 7) is 1.58. The SMILES string of the molecule is CN(C)CC/C=C1/c2ccc(Cl)cc2COc2ccccc21. The standard InChI is InChI=1S/C19H20ClNO/c1-21(2)11-5-7-17-16-10-9-15(20)12-14(16)13-22-19-8-4-3-6-18(17)19/h3-4,6-10,12H,5,11,13H2,1-2H3/b17-7-. The Hall–Kier alpha value is -1.77. The molecule has 2 aromatic carbocycles. The number of halogens is 1. The quantitative estimate of drug-likeness (QED) is 0.820. The number of rotatable bonds is 3. The summed E-state index contributed by atoms with van der Waals surface area (Å²) in [7, 11) is 4.19. The third kappa shape index (κ3) is 3.18. The molecule has 0 spiro atoms. The Morgan fingerprint density at radius 3 is 2.77 bits per heavy atom. The van der Waals surface area contributed by atoms with Crippen molar-refractivity contribution in [3.63, 3.8) is 0 Å². The number of para-hydroxylation sites is 1. The molecule has 0 saturated heterocycles. The fourth-order valence-corrected chi connectivity index (χ4v) is 2.94. The summed E-state index contributed by atoms with van der Waals surface area (Å²) in [5.74, 6) is 0.936. The van der Waals surface area contributed by atoms with Crippen LogP contribution in [0.5, 0.6) is 5.75 Å². The molecular formula is C19H20ClNO. The van der Waals surface area contributed by atoms with Crippen molar-refractivity contribution in [1.29, 1.82) is 0 Å². The van der Waals surface area contributed by atoms with Gasteiger partial charge in [0.05, 0.1) is 0 Å². The van der Waals surface area contributed by atoms with Gasteiger partial charge in [-0.25, -0.2) is 0 Å². The predicted octanol–water partition coefficient (Wildman–Crippen LogP) is 4.62. The van der Waals surface area contributed by atoms with Crippen molar-refractivity contribution in [1.82, 2.24) is 4.90 Å². The van der Waals surface area contributed by atoms with Gasteiger partial charge in [0.15, 0.2) is 0 Å². The van der Waals surface area contributed by atoms with E-state index in [-0.39, 0.29) is 0 Å². The van der Waals surface area contributed by atoms with E-state index < -0.39 is 0 Å². The van der Waals surface area contributed by atoms with Crippen LogP contribution in [0, 0.1) is 0 Å². The summed E-state index contributed by atoms with van der Waals surface area (Å²) in [5.41, 5.74) is 4.75. The summed E-state index contributed by atoms with van der Waals surface area (Å²) < 4.78 is 5.98. The van der Waals surface area contributed by atoms with E-state index in [1.165, 1.54) is 11.1 Å². The predicted molar refractivity (Wildman–Crippen MR) is 92.5 cm³/mol. The lowest BCUT2D eigenvalue weighted by Gasteiger charge is -2.12. The third-order valence-corrected chi connectivity index (χ3v) is 4.08. The van der Waals surface area contributed by atoms with E-state index in [1.807, 2.05) is 24.3 Å². The number of hydrogen-bond donors (Lipinski definition) is 0. The van der Waals surface area contributed by atoms with Gasteiger partial charge >= 0.3 is 0 Å².